The lowest BCUT2D eigenvalue weighted by atomic mass is 9.70. The summed E-state index contributed by atoms with van der Waals surface area (Å²) >= 11 is 6.41. The standard InChI is InChI=1S/C40H55ClN4O6S/c1-28(2)38(46)42-52(48)33-15-17-37-35(25-33)45(20-6-5-10-29-24-32(41)14-12-31(29)27-50-37)26-30-13-16-34(30)36(49-23-21-44-18-7-8-19-44)11-9-22-51-40(3,4)39(47)43-52/h9,11-12,14-15,17,24-25,28,30,34,36H,5-8,10,13,16,18-23,26-27H2,1-4H3,(H,42,43,46,47,48)/b11-9+/t30-,34+,36-,52?/m0/s1. The summed E-state index contributed by atoms with van der Waals surface area (Å²) in [5.74, 6) is -0.383. The highest BCUT2D eigenvalue weighted by atomic mass is 35.5. The molecule has 2 aromatic carbocycles. The van der Waals surface area contributed by atoms with Crippen LogP contribution < -0.4 is 14.4 Å². The second-order valence-corrected chi connectivity index (χ2v) is 17.8. The van der Waals surface area contributed by atoms with Gasteiger partial charge in [-0.05, 0) is 125 Å². The summed E-state index contributed by atoms with van der Waals surface area (Å²) in [4.78, 5) is 31.9. The van der Waals surface area contributed by atoms with Crippen LogP contribution in [0.4, 0.5) is 5.69 Å². The number of likely N-dealkylation sites (tertiary alicyclic amines) is 1. The highest BCUT2D eigenvalue weighted by Crippen LogP contribution is 2.42. The minimum Gasteiger partial charge on any atom is -0.487 e. The second kappa shape index (κ2) is 17.0. The van der Waals surface area contributed by atoms with E-state index >= 15 is 0 Å². The SMILES string of the molecule is CC(C)C(=O)NS1(=O)=NC(=O)C(C)(C)OC/C=C/[C@H](OCCN2CCCC2)[C@@H]2CC[C@H]2CN2CCCCc3cc(Cl)ccc3COc3ccc1cc32. The van der Waals surface area contributed by atoms with E-state index in [4.69, 9.17) is 25.8 Å². The van der Waals surface area contributed by atoms with Gasteiger partial charge >= 0.3 is 0 Å². The number of amides is 2. The lowest BCUT2D eigenvalue weighted by Gasteiger charge is -2.44. The van der Waals surface area contributed by atoms with E-state index in [9.17, 15) is 13.8 Å². The van der Waals surface area contributed by atoms with Crippen LogP contribution in [0.25, 0.3) is 0 Å². The molecule has 1 N–H and O–H groups in total. The number of benzene rings is 2. The van der Waals surface area contributed by atoms with E-state index in [2.05, 4.69) is 25.0 Å². The Labute approximate surface area is 314 Å². The molecular formula is C40H55ClN4O6S. The minimum atomic E-state index is -3.76. The maximum absolute atomic E-state index is 14.9. The molecule has 3 aliphatic heterocycles. The molecule has 4 atom stereocenters. The van der Waals surface area contributed by atoms with Crippen molar-refractivity contribution in [3.05, 3.63) is 64.7 Å². The van der Waals surface area contributed by atoms with Crippen molar-refractivity contribution < 1.29 is 28.0 Å². The lowest BCUT2D eigenvalue weighted by Crippen LogP contribution is -2.44. The largest absolute Gasteiger partial charge is 0.487 e. The Kier molecular flexibility index (Phi) is 12.7. The Morgan fingerprint density at radius 1 is 1.08 bits per heavy atom. The van der Waals surface area contributed by atoms with Gasteiger partial charge in [0, 0.05) is 30.6 Å². The molecule has 2 fully saturated rings. The van der Waals surface area contributed by atoms with Crippen LogP contribution in [0.2, 0.25) is 5.02 Å². The van der Waals surface area contributed by atoms with Crippen molar-refractivity contribution in [2.45, 2.75) is 95.8 Å². The highest BCUT2D eigenvalue weighted by Gasteiger charge is 2.39. The van der Waals surface area contributed by atoms with E-state index in [0.717, 1.165) is 76.1 Å². The van der Waals surface area contributed by atoms with Gasteiger partial charge in [-0.3, -0.25) is 14.3 Å². The number of anilines is 1. The predicted molar refractivity (Wildman–Crippen MR) is 205 cm³/mol. The van der Waals surface area contributed by atoms with Gasteiger partial charge in [-0.25, -0.2) is 4.21 Å². The van der Waals surface area contributed by atoms with Crippen LogP contribution in [0.3, 0.4) is 0 Å². The first-order valence-electron chi connectivity index (χ1n) is 19.0. The summed E-state index contributed by atoms with van der Waals surface area (Å²) in [5.41, 5.74) is 1.60. The third-order valence-electron chi connectivity index (χ3n) is 10.9. The first kappa shape index (κ1) is 38.8. The van der Waals surface area contributed by atoms with Gasteiger partial charge in [0.1, 0.15) is 18.0 Å². The van der Waals surface area contributed by atoms with E-state index < -0.39 is 33.2 Å². The van der Waals surface area contributed by atoms with Crippen LogP contribution in [0, 0.1) is 17.8 Å². The van der Waals surface area contributed by atoms with Crippen LogP contribution in [0.15, 0.2) is 57.8 Å². The van der Waals surface area contributed by atoms with Gasteiger partial charge in [0.25, 0.3) is 5.91 Å². The molecule has 52 heavy (non-hydrogen) atoms. The summed E-state index contributed by atoms with van der Waals surface area (Å²) in [5, 5.41) is 0.705. The smallest absolute Gasteiger partial charge is 0.287 e. The molecule has 0 aromatic heterocycles. The molecule has 1 aliphatic carbocycles. The Balaban J connectivity index is 1.41. The number of halogens is 1. The number of rotatable bonds is 6. The number of nitrogens with zero attached hydrogens (tertiary/aromatic N) is 3. The number of ether oxygens (including phenoxy) is 3. The molecule has 284 valence electrons. The van der Waals surface area contributed by atoms with E-state index in [1.165, 1.54) is 18.4 Å². The summed E-state index contributed by atoms with van der Waals surface area (Å²) in [7, 11) is -3.76. The normalized spacial score (nSPS) is 27.6. The lowest BCUT2D eigenvalue weighted by molar-refractivity contribution is -0.137. The Bertz CT molecular complexity index is 1750. The predicted octanol–water partition coefficient (Wildman–Crippen LogP) is 6.97. The third-order valence-corrected chi connectivity index (χ3v) is 12.9. The van der Waals surface area contributed by atoms with Gasteiger partial charge in [0.2, 0.25) is 5.91 Å². The topological polar surface area (TPSA) is 110 Å². The molecule has 0 spiro atoms. The van der Waals surface area contributed by atoms with Gasteiger partial charge in [0.15, 0.2) is 9.92 Å². The molecule has 6 rings (SSSR count). The summed E-state index contributed by atoms with van der Waals surface area (Å²) < 4.78 is 41.0. The number of aryl methyl sites for hydroxylation is 1. The fraction of sp³-hybridized carbons (Fsp3) is 0.600. The van der Waals surface area contributed by atoms with Crippen LogP contribution in [-0.4, -0.2) is 78.6 Å². The third kappa shape index (κ3) is 9.39. The first-order chi connectivity index (χ1) is 24.9. The zero-order chi connectivity index (χ0) is 36.9. The number of hydrogen-bond donors (Lipinski definition) is 1. The fourth-order valence-corrected chi connectivity index (χ4v) is 9.35. The summed E-state index contributed by atoms with van der Waals surface area (Å²) in [6.45, 7) is 12.5. The summed E-state index contributed by atoms with van der Waals surface area (Å²) in [6, 6.07) is 11.2. The zero-order valence-electron chi connectivity index (χ0n) is 31.1. The van der Waals surface area contributed by atoms with Crippen molar-refractivity contribution in [3.63, 3.8) is 0 Å². The molecule has 10 nitrogen and oxygen atoms in total. The molecule has 2 aromatic rings. The highest BCUT2D eigenvalue weighted by molar-refractivity contribution is 7.92. The first-order valence-corrected chi connectivity index (χ1v) is 20.9. The number of carbonyl (C=O) groups excluding carboxylic acids is 2. The van der Waals surface area contributed by atoms with Crippen molar-refractivity contribution in [2.24, 2.45) is 22.1 Å². The zero-order valence-corrected chi connectivity index (χ0v) is 32.7. The Hall–Kier alpha value is -2.96. The van der Waals surface area contributed by atoms with Crippen LogP contribution in [-0.2, 0) is 42.0 Å². The molecular weight excluding hydrogens is 700 g/mol. The van der Waals surface area contributed by atoms with Crippen LogP contribution in [0.1, 0.15) is 77.3 Å². The van der Waals surface area contributed by atoms with Crippen molar-refractivity contribution in [1.29, 1.82) is 0 Å². The summed E-state index contributed by atoms with van der Waals surface area (Å²) in [6.07, 6.45) is 11.3. The fourth-order valence-electron chi connectivity index (χ4n) is 7.40. The van der Waals surface area contributed by atoms with E-state index in [1.807, 2.05) is 24.3 Å². The number of carbonyl (C=O) groups is 2. The van der Waals surface area contributed by atoms with E-state index in [-0.39, 0.29) is 17.6 Å². The molecule has 1 saturated heterocycles. The van der Waals surface area contributed by atoms with Gasteiger partial charge in [-0.15, -0.1) is 4.36 Å². The monoisotopic (exact) mass is 754 g/mol. The molecule has 3 heterocycles. The molecule has 1 saturated carbocycles. The Morgan fingerprint density at radius 3 is 2.62 bits per heavy atom. The van der Waals surface area contributed by atoms with Crippen LogP contribution >= 0.6 is 11.6 Å². The quantitative estimate of drug-likeness (QED) is 0.315. The van der Waals surface area contributed by atoms with Crippen molar-refractivity contribution in [2.75, 3.05) is 50.8 Å². The van der Waals surface area contributed by atoms with Crippen molar-refractivity contribution >= 4 is 39.0 Å². The maximum atomic E-state index is 14.9. The second-order valence-electron chi connectivity index (χ2n) is 15.4. The van der Waals surface area contributed by atoms with Crippen molar-refractivity contribution in [3.8, 4) is 5.75 Å². The number of nitrogens with one attached hydrogen (secondary N) is 1. The van der Waals surface area contributed by atoms with Crippen molar-refractivity contribution in [1.82, 2.24) is 9.62 Å². The number of fused-ring (bicyclic) bond motifs is 3. The Morgan fingerprint density at radius 2 is 1.87 bits per heavy atom. The molecule has 1 unspecified atom stereocenters. The molecule has 2 amide bonds. The van der Waals surface area contributed by atoms with Gasteiger partial charge in [-0.2, -0.15) is 0 Å². The molecule has 4 aliphatic rings. The molecule has 0 radical (unpaired) electrons. The average molecular weight is 755 g/mol. The van der Waals surface area contributed by atoms with Gasteiger partial charge in [-0.1, -0.05) is 43.7 Å². The number of hydrogen-bond acceptors (Lipinski definition) is 8. The average Bonchev–Trinajstić information content (AvgIpc) is 3.61. The molecule has 12 heteroatoms. The molecule has 2 bridgehead atoms. The minimum absolute atomic E-state index is 0.0865. The maximum Gasteiger partial charge on any atom is 0.287 e. The van der Waals surface area contributed by atoms with E-state index in [1.54, 1.807) is 45.9 Å². The van der Waals surface area contributed by atoms with Gasteiger partial charge in [0.05, 0.1) is 29.9 Å². The van der Waals surface area contributed by atoms with E-state index in [0.29, 0.717) is 35.8 Å². The van der Waals surface area contributed by atoms with Crippen LogP contribution in [0.5, 0.6) is 5.75 Å². The van der Waals surface area contributed by atoms with Gasteiger partial charge < -0.3 is 24.0 Å².